The van der Waals surface area contributed by atoms with Gasteiger partial charge in [-0.1, -0.05) is 0 Å². The van der Waals surface area contributed by atoms with E-state index in [1.54, 1.807) is 14.2 Å². The second kappa shape index (κ2) is 8.98. The molecule has 5 heteroatoms. The summed E-state index contributed by atoms with van der Waals surface area (Å²) in [7, 11) is 3.43. The van der Waals surface area contributed by atoms with Crippen molar-refractivity contribution in [3.63, 3.8) is 0 Å². The highest BCUT2D eigenvalue weighted by atomic mass is 16.5. The maximum Gasteiger partial charge on any atom is 0.119 e. The van der Waals surface area contributed by atoms with E-state index < -0.39 is 0 Å². The van der Waals surface area contributed by atoms with Crippen molar-refractivity contribution < 1.29 is 14.2 Å². The predicted molar refractivity (Wildman–Crippen MR) is 87.8 cm³/mol. The Hall–Kier alpha value is -1.30. The summed E-state index contributed by atoms with van der Waals surface area (Å²) in [6.07, 6.45) is 0. The molecule has 0 spiro atoms. The Morgan fingerprint density at radius 3 is 2.36 bits per heavy atom. The average molecular weight is 308 g/mol. The predicted octanol–water partition coefficient (Wildman–Crippen LogP) is 1.73. The molecule has 22 heavy (non-hydrogen) atoms. The van der Waals surface area contributed by atoms with Crippen LogP contribution in [0.4, 0.5) is 0 Å². The van der Waals surface area contributed by atoms with Crippen LogP contribution >= 0.6 is 0 Å². The molecule has 0 saturated carbocycles. The normalized spacial score (nSPS) is 20.0. The first kappa shape index (κ1) is 17.1. The van der Waals surface area contributed by atoms with Crippen molar-refractivity contribution in [2.75, 3.05) is 60.2 Å². The highest BCUT2D eigenvalue weighted by molar-refractivity contribution is 5.31. The van der Waals surface area contributed by atoms with Crippen molar-refractivity contribution in [2.24, 2.45) is 0 Å². The molecule has 1 atom stereocenters. The molecule has 1 aliphatic rings. The van der Waals surface area contributed by atoms with E-state index in [1.807, 2.05) is 24.3 Å². The fourth-order valence-electron chi connectivity index (χ4n) is 2.78. The van der Waals surface area contributed by atoms with Crippen LogP contribution in [0, 0.1) is 0 Å². The molecule has 1 aromatic rings. The lowest BCUT2D eigenvalue weighted by atomic mass is 10.2. The first-order chi connectivity index (χ1) is 10.7. The Morgan fingerprint density at radius 1 is 1.00 bits per heavy atom. The molecule has 0 aliphatic carbocycles. The quantitative estimate of drug-likeness (QED) is 0.730. The zero-order valence-electron chi connectivity index (χ0n) is 14.0. The van der Waals surface area contributed by atoms with Gasteiger partial charge in [0, 0.05) is 45.9 Å². The fraction of sp³-hybridized carbons (Fsp3) is 0.647. The SMILES string of the molecule is COCCN1CCN(CCOc2ccc(OC)cc2)C[C@@H]1C. The first-order valence-electron chi connectivity index (χ1n) is 7.95. The average Bonchev–Trinajstić information content (AvgIpc) is 2.55. The van der Waals surface area contributed by atoms with Gasteiger partial charge in [-0.15, -0.1) is 0 Å². The number of hydrogen-bond acceptors (Lipinski definition) is 5. The minimum Gasteiger partial charge on any atom is -0.497 e. The third-order valence-corrected chi connectivity index (χ3v) is 4.17. The van der Waals surface area contributed by atoms with E-state index in [2.05, 4.69) is 16.7 Å². The summed E-state index contributed by atoms with van der Waals surface area (Å²) in [5, 5.41) is 0. The molecule has 0 radical (unpaired) electrons. The molecule has 1 heterocycles. The third-order valence-electron chi connectivity index (χ3n) is 4.17. The van der Waals surface area contributed by atoms with Crippen molar-refractivity contribution >= 4 is 0 Å². The van der Waals surface area contributed by atoms with E-state index in [-0.39, 0.29) is 0 Å². The smallest absolute Gasteiger partial charge is 0.119 e. The Balaban J connectivity index is 1.67. The van der Waals surface area contributed by atoms with Crippen LogP contribution in [-0.4, -0.2) is 76.0 Å². The number of hydrogen-bond donors (Lipinski definition) is 0. The summed E-state index contributed by atoms with van der Waals surface area (Å²) < 4.78 is 16.1. The van der Waals surface area contributed by atoms with Crippen molar-refractivity contribution in [2.45, 2.75) is 13.0 Å². The van der Waals surface area contributed by atoms with Crippen LogP contribution in [0.1, 0.15) is 6.92 Å². The Kier molecular flexibility index (Phi) is 6.96. The van der Waals surface area contributed by atoms with Crippen LogP contribution in [0.2, 0.25) is 0 Å². The maximum atomic E-state index is 5.80. The van der Waals surface area contributed by atoms with Gasteiger partial charge in [0.25, 0.3) is 0 Å². The monoisotopic (exact) mass is 308 g/mol. The van der Waals surface area contributed by atoms with Gasteiger partial charge in [-0.05, 0) is 31.2 Å². The standard InChI is InChI=1S/C17H28N2O3/c1-15-14-18(8-9-19(15)11-12-20-2)10-13-22-17-6-4-16(21-3)5-7-17/h4-7,15H,8-14H2,1-3H3/t15-/m0/s1. The summed E-state index contributed by atoms with van der Waals surface area (Å²) in [4.78, 5) is 4.96. The number of ether oxygens (including phenoxy) is 3. The Morgan fingerprint density at radius 2 is 1.73 bits per heavy atom. The molecular formula is C17H28N2O3. The Bertz CT molecular complexity index is 424. The molecule has 1 aliphatic heterocycles. The summed E-state index contributed by atoms with van der Waals surface area (Å²) in [6, 6.07) is 8.32. The van der Waals surface area contributed by atoms with Crippen LogP contribution in [0.25, 0.3) is 0 Å². The van der Waals surface area contributed by atoms with Gasteiger partial charge < -0.3 is 14.2 Å². The van der Waals surface area contributed by atoms with Gasteiger partial charge in [-0.25, -0.2) is 0 Å². The van der Waals surface area contributed by atoms with Crippen LogP contribution in [-0.2, 0) is 4.74 Å². The number of rotatable bonds is 8. The fourth-order valence-corrected chi connectivity index (χ4v) is 2.78. The van der Waals surface area contributed by atoms with E-state index in [1.165, 1.54) is 0 Å². The van der Waals surface area contributed by atoms with E-state index in [0.29, 0.717) is 6.04 Å². The van der Waals surface area contributed by atoms with Gasteiger partial charge in [-0.2, -0.15) is 0 Å². The molecule has 0 unspecified atom stereocenters. The van der Waals surface area contributed by atoms with Gasteiger partial charge in [0.1, 0.15) is 18.1 Å². The van der Waals surface area contributed by atoms with Gasteiger partial charge in [0.2, 0.25) is 0 Å². The number of nitrogens with zero attached hydrogens (tertiary/aromatic N) is 2. The zero-order valence-corrected chi connectivity index (χ0v) is 14.0. The topological polar surface area (TPSA) is 34.2 Å². The van der Waals surface area contributed by atoms with E-state index in [0.717, 1.165) is 57.4 Å². The van der Waals surface area contributed by atoms with Crippen LogP contribution in [0.5, 0.6) is 11.5 Å². The molecule has 0 aromatic heterocycles. The molecule has 5 nitrogen and oxygen atoms in total. The van der Waals surface area contributed by atoms with Crippen LogP contribution < -0.4 is 9.47 Å². The lowest BCUT2D eigenvalue weighted by molar-refractivity contribution is 0.0531. The number of piperazine rings is 1. The summed E-state index contributed by atoms with van der Waals surface area (Å²) in [5.74, 6) is 1.75. The number of methoxy groups -OCH3 is 2. The van der Waals surface area contributed by atoms with Crippen molar-refractivity contribution in [3.05, 3.63) is 24.3 Å². The van der Waals surface area contributed by atoms with Gasteiger partial charge in [-0.3, -0.25) is 9.80 Å². The maximum absolute atomic E-state index is 5.80. The second-order valence-electron chi connectivity index (χ2n) is 5.70. The Labute approximate surface area is 133 Å². The molecule has 2 rings (SSSR count). The second-order valence-corrected chi connectivity index (χ2v) is 5.70. The molecular weight excluding hydrogens is 280 g/mol. The molecule has 1 fully saturated rings. The molecule has 0 N–H and O–H groups in total. The van der Waals surface area contributed by atoms with Gasteiger partial charge >= 0.3 is 0 Å². The van der Waals surface area contributed by atoms with Crippen molar-refractivity contribution in [1.29, 1.82) is 0 Å². The van der Waals surface area contributed by atoms with Crippen molar-refractivity contribution in [1.82, 2.24) is 9.80 Å². The van der Waals surface area contributed by atoms with Crippen LogP contribution in [0.15, 0.2) is 24.3 Å². The summed E-state index contributed by atoms with van der Waals surface area (Å²) in [5.41, 5.74) is 0. The molecule has 0 amide bonds. The first-order valence-corrected chi connectivity index (χ1v) is 7.95. The number of benzene rings is 1. The van der Waals surface area contributed by atoms with E-state index in [4.69, 9.17) is 14.2 Å². The largest absolute Gasteiger partial charge is 0.497 e. The van der Waals surface area contributed by atoms with Gasteiger partial charge in [0.15, 0.2) is 0 Å². The third kappa shape index (κ3) is 5.16. The van der Waals surface area contributed by atoms with E-state index in [9.17, 15) is 0 Å². The lowest BCUT2D eigenvalue weighted by Crippen LogP contribution is -2.53. The minimum absolute atomic E-state index is 0.574. The lowest BCUT2D eigenvalue weighted by Gasteiger charge is -2.39. The summed E-state index contributed by atoms with van der Waals surface area (Å²) >= 11 is 0. The molecule has 124 valence electrons. The molecule has 0 bridgehead atoms. The molecule has 1 aromatic carbocycles. The van der Waals surface area contributed by atoms with Crippen LogP contribution in [0.3, 0.4) is 0 Å². The highest BCUT2D eigenvalue weighted by Crippen LogP contribution is 2.17. The summed E-state index contributed by atoms with van der Waals surface area (Å²) in [6.45, 7) is 9.10. The minimum atomic E-state index is 0.574. The zero-order chi connectivity index (χ0) is 15.8. The highest BCUT2D eigenvalue weighted by Gasteiger charge is 2.22. The van der Waals surface area contributed by atoms with Crippen molar-refractivity contribution in [3.8, 4) is 11.5 Å². The van der Waals surface area contributed by atoms with Gasteiger partial charge in [0.05, 0.1) is 13.7 Å². The van der Waals surface area contributed by atoms with E-state index >= 15 is 0 Å². The molecule has 1 saturated heterocycles.